The Morgan fingerprint density at radius 1 is 0.966 bits per heavy atom. The zero-order valence-electron chi connectivity index (χ0n) is 15.3. The third kappa shape index (κ3) is 3.52. The van der Waals surface area contributed by atoms with Crippen LogP contribution in [0, 0.1) is 0 Å². The van der Waals surface area contributed by atoms with Gasteiger partial charge in [-0.3, -0.25) is 14.5 Å². The first-order chi connectivity index (χ1) is 13.8. The molecule has 0 saturated carbocycles. The molecule has 1 aliphatic carbocycles. The molecule has 1 aliphatic heterocycles. The Morgan fingerprint density at radius 2 is 1.66 bits per heavy atom. The monoisotopic (exact) mass is 463 g/mol. The van der Waals surface area contributed by atoms with Crippen molar-refractivity contribution in [1.29, 1.82) is 0 Å². The van der Waals surface area contributed by atoms with Gasteiger partial charge in [-0.2, -0.15) is 13.2 Å². The van der Waals surface area contributed by atoms with Gasteiger partial charge in [0.05, 0.1) is 11.3 Å². The number of benzene rings is 2. The number of Topliss-reactive ketones (excluding diaryl/α,β-unsaturated/α-hetero) is 1. The first kappa shape index (κ1) is 19.9. The summed E-state index contributed by atoms with van der Waals surface area (Å²) in [5.74, 6) is -1.38. The van der Waals surface area contributed by atoms with Crippen LogP contribution >= 0.6 is 15.9 Å². The van der Waals surface area contributed by atoms with Gasteiger partial charge in [0, 0.05) is 34.5 Å². The summed E-state index contributed by atoms with van der Waals surface area (Å²) in [6, 6.07) is 12.4. The normalized spacial score (nSPS) is 20.1. The Hall–Kier alpha value is -2.41. The van der Waals surface area contributed by atoms with Gasteiger partial charge in [-0.05, 0) is 52.5 Å². The van der Waals surface area contributed by atoms with Crippen molar-refractivity contribution in [3.05, 3.63) is 75.4 Å². The quantitative estimate of drug-likeness (QED) is 0.547. The molecular weight excluding hydrogens is 447 g/mol. The van der Waals surface area contributed by atoms with Crippen molar-refractivity contribution in [2.45, 2.75) is 37.8 Å². The van der Waals surface area contributed by atoms with Crippen molar-refractivity contribution in [3.63, 3.8) is 0 Å². The minimum absolute atomic E-state index is 0.0112. The van der Waals surface area contributed by atoms with E-state index in [0.29, 0.717) is 34.3 Å². The summed E-state index contributed by atoms with van der Waals surface area (Å²) in [4.78, 5) is 27.5. The number of alkyl halides is 3. The maximum Gasteiger partial charge on any atom is 0.416 e. The number of hydrogen-bond acceptors (Lipinski definition) is 2. The number of halogens is 4. The number of carbonyl (C=O) groups is 2. The Labute approximate surface area is 174 Å². The van der Waals surface area contributed by atoms with E-state index in [1.807, 2.05) is 6.07 Å². The third-order valence-corrected chi connectivity index (χ3v) is 6.08. The largest absolute Gasteiger partial charge is 0.416 e. The minimum atomic E-state index is -4.56. The summed E-state index contributed by atoms with van der Waals surface area (Å²) in [5, 5.41) is 0. The highest BCUT2D eigenvalue weighted by molar-refractivity contribution is 9.10. The molecule has 1 unspecified atom stereocenters. The number of carbonyl (C=O) groups excluding carboxylic acids is 2. The lowest BCUT2D eigenvalue weighted by atomic mass is 9.76. The van der Waals surface area contributed by atoms with Gasteiger partial charge in [0.2, 0.25) is 5.91 Å². The Kier molecular flexibility index (Phi) is 5.11. The van der Waals surface area contributed by atoms with Gasteiger partial charge in [-0.15, -0.1) is 0 Å². The van der Waals surface area contributed by atoms with E-state index in [2.05, 4.69) is 15.9 Å². The summed E-state index contributed by atoms with van der Waals surface area (Å²) in [5.41, 5.74) is 0.650. The molecule has 4 rings (SSSR count). The second-order valence-electron chi connectivity index (χ2n) is 7.16. The number of amides is 1. The minimum Gasteiger partial charge on any atom is -0.294 e. The molecule has 1 atom stereocenters. The molecule has 0 radical (unpaired) electrons. The molecular formula is C22H17BrF3NO2. The van der Waals surface area contributed by atoms with E-state index < -0.39 is 17.7 Å². The van der Waals surface area contributed by atoms with Gasteiger partial charge in [-0.25, -0.2) is 0 Å². The predicted molar refractivity (Wildman–Crippen MR) is 106 cm³/mol. The lowest BCUT2D eigenvalue weighted by Gasteiger charge is -2.39. The van der Waals surface area contributed by atoms with Crippen LogP contribution in [0.5, 0.6) is 0 Å². The van der Waals surface area contributed by atoms with Crippen molar-refractivity contribution in [2.75, 3.05) is 4.90 Å². The molecule has 150 valence electrons. The number of allylic oxidation sites excluding steroid dienone is 2. The average molecular weight is 464 g/mol. The van der Waals surface area contributed by atoms with Gasteiger partial charge < -0.3 is 0 Å². The van der Waals surface area contributed by atoms with E-state index in [-0.39, 0.29) is 30.1 Å². The Bertz CT molecular complexity index is 1030. The van der Waals surface area contributed by atoms with Crippen LogP contribution < -0.4 is 4.90 Å². The number of nitrogens with zero attached hydrogens (tertiary/aromatic N) is 1. The molecule has 0 aromatic heterocycles. The Balaban J connectivity index is 1.92. The molecule has 0 N–H and O–H groups in total. The number of ketones is 1. The van der Waals surface area contributed by atoms with E-state index in [1.165, 1.54) is 23.1 Å². The average Bonchev–Trinajstić information content (AvgIpc) is 2.68. The van der Waals surface area contributed by atoms with Crippen molar-refractivity contribution >= 4 is 33.3 Å². The van der Waals surface area contributed by atoms with Crippen LogP contribution in [0.25, 0.3) is 0 Å². The van der Waals surface area contributed by atoms with Crippen molar-refractivity contribution in [2.24, 2.45) is 0 Å². The SMILES string of the molecule is O=C1CCCC2=C1C(c1ccccc1C(F)(F)F)CC(=O)N2c1ccccc1Br. The van der Waals surface area contributed by atoms with E-state index in [4.69, 9.17) is 0 Å². The van der Waals surface area contributed by atoms with Gasteiger partial charge in [-0.1, -0.05) is 30.3 Å². The first-order valence-corrected chi connectivity index (χ1v) is 10.1. The van der Waals surface area contributed by atoms with E-state index >= 15 is 0 Å². The highest BCUT2D eigenvalue weighted by Crippen LogP contribution is 2.47. The van der Waals surface area contributed by atoms with E-state index in [0.717, 1.165) is 6.07 Å². The fraction of sp³-hybridized carbons (Fsp3) is 0.273. The second-order valence-corrected chi connectivity index (χ2v) is 8.01. The predicted octanol–water partition coefficient (Wildman–Crippen LogP) is 6.00. The standard InChI is InChI=1S/C22H17BrF3NO2/c23-16-8-3-4-9-17(16)27-18-10-5-11-19(28)21(18)14(12-20(27)29)13-6-1-2-7-15(13)22(24,25)26/h1-4,6-9,14H,5,10-12H2. The molecule has 2 aromatic rings. The lowest BCUT2D eigenvalue weighted by Crippen LogP contribution is -2.41. The van der Waals surface area contributed by atoms with Crippen LogP contribution in [-0.2, 0) is 15.8 Å². The van der Waals surface area contributed by atoms with Crippen molar-refractivity contribution in [1.82, 2.24) is 0 Å². The number of anilines is 1. The van der Waals surface area contributed by atoms with Crippen LogP contribution in [0.3, 0.4) is 0 Å². The van der Waals surface area contributed by atoms with E-state index in [9.17, 15) is 22.8 Å². The van der Waals surface area contributed by atoms with Crippen molar-refractivity contribution in [3.8, 4) is 0 Å². The summed E-state index contributed by atoms with van der Waals surface area (Å²) in [6.07, 6.45) is -3.42. The molecule has 2 aliphatic rings. The van der Waals surface area contributed by atoms with Gasteiger partial charge in [0.1, 0.15) is 0 Å². The van der Waals surface area contributed by atoms with Crippen molar-refractivity contribution < 1.29 is 22.8 Å². The molecule has 1 amide bonds. The van der Waals surface area contributed by atoms with Crippen LogP contribution in [-0.4, -0.2) is 11.7 Å². The van der Waals surface area contributed by atoms with Gasteiger partial charge >= 0.3 is 6.18 Å². The van der Waals surface area contributed by atoms with Gasteiger partial charge in [0.25, 0.3) is 0 Å². The highest BCUT2D eigenvalue weighted by Gasteiger charge is 2.43. The zero-order chi connectivity index (χ0) is 20.8. The smallest absolute Gasteiger partial charge is 0.294 e. The molecule has 2 aromatic carbocycles. The summed E-state index contributed by atoms with van der Waals surface area (Å²) >= 11 is 3.44. The molecule has 7 heteroatoms. The molecule has 1 heterocycles. The molecule has 0 fully saturated rings. The van der Waals surface area contributed by atoms with E-state index in [1.54, 1.807) is 18.2 Å². The number of para-hydroxylation sites is 1. The number of hydrogen-bond donors (Lipinski definition) is 0. The molecule has 0 spiro atoms. The van der Waals surface area contributed by atoms with Gasteiger partial charge in [0.15, 0.2) is 5.78 Å². The summed E-state index contributed by atoms with van der Waals surface area (Å²) in [6.45, 7) is 0. The van der Waals surface area contributed by atoms with Crippen LogP contribution in [0.2, 0.25) is 0 Å². The molecule has 29 heavy (non-hydrogen) atoms. The molecule has 3 nitrogen and oxygen atoms in total. The zero-order valence-corrected chi connectivity index (χ0v) is 16.9. The summed E-state index contributed by atoms with van der Waals surface area (Å²) < 4.78 is 41.5. The molecule has 0 saturated heterocycles. The second kappa shape index (κ2) is 7.44. The molecule has 0 bridgehead atoms. The Morgan fingerprint density at radius 3 is 2.38 bits per heavy atom. The van der Waals surface area contributed by atoms with Crippen LogP contribution in [0.1, 0.15) is 42.7 Å². The topological polar surface area (TPSA) is 37.4 Å². The fourth-order valence-electron chi connectivity index (χ4n) is 4.23. The third-order valence-electron chi connectivity index (χ3n) is 5.41. The van der Waals surface area contributed by atoms with Crippen LogP contribution in [0.4, 0.5) is 18.9 Å². The fourth-order valence-corrected chi connectivity index (χ4v) is 4.69. The van der Waals surface area contributed by atoms with Crippen LogP contribution in [0.15, 0.2) is 64.3 Å². The highest BCUT2D eigenvalue weighted by atomic mass is 79.9. The number of rotatable bonds is 2. The maximum atomic E-state index is 13.6. The summed E-state index contributed by atoms with van der Waals surface area (Å²) in [7, 11) is 0. The maximum absolute atomic E-state index is 13.6. The lowest BCUT2D eigenvalue weighted by molar-refractivity contribution is -0.138. The first-order valence-electron chi connectivity index (χ1n) is 9.29.